The fourth-order valence-corrected chi connectivity index (χ4v) is 3.89. The molecule has 0 spiro atoms. The lowest BCUT2D eigenvalue weighted by Crippen LogP contribution is -2.42. The first-order chi connectivity index (χ1) is 13.6. The summed E-state index contributed by atoms with van der Waals surface area (Å²) in [7, 11) is 0. The Kier molecular flexibility index (Phi) is 5.06. The number of amides is 1. The molecule has 2 aromatic heterocycles. The molecule has 1 aromatic carbocycles. The normalized spacial score (nSPS) is 17.4. The second-order valence-corrected chi connectivity index (χ2v) is 7.16. The summed E-state index contributed by atoms with van der Waals surface area (Å²) >= 11 is 0. The van der Waals surface area contributed by atoms with Crippen molar-refractivity contribution >= 4 is 16.8 Å². The van der Waals surface area contributed by atoms with E-state index in [2.05, 4.69) is 9.97 Å². The molecule has 3 aromatic rings. The van der Waals surface area contributed by atoms with Crippen LogP contribution in [0.3, 0.4) is 0 Å². The highest BCUT2D eigenvalue weighted by molar-refractivity contribution is 5.79. The zero-order chi connectivity index (χ0) is 19.5. The van der Waals surface area contributed by atoms with E-state index in [0.29, 0.717) is 29.9 Å². The van der Waals surface area contributed by atoms with Crippen molar-refractivity contribution in [3.63, 3.8) is 0 Å². The highest BCUT2D eigenvalue weighted by Gasteiger charge is 2.22. The first kappa shape index (κ1) is 18.2. The Balaban J connectivity index is 1.51. The van der Waals surface area contributed by atoms with Crippen LogP contribution >= 0.6 is 0 Å². The van der Waals surface area contributed by atoms with Gasteiger partial charge in [0.15, 0.2) is 0 Å². The topological polar surface area (TPSA) is 88.1 Å². The molecule has 7 nitrogen and oxygen atoms in total. The van der Waals surface area contributed by atoms with Gasteiger partial charge in [0.1, 0.15) is 6.54 Å². The molecule has 1 fully saturated rings. The van der Waals surface area contributed by atoms with E-state index in [1.165, 1.54) is 5.56 Å². The lowest BCUT2D eigenvalue weighted by molar-refractivity contribution is -0.131. The number of aromatic nitrogens is 3. The molecular weight excluding hydrogens is 356 g/mol. The Bertz CT molecular complexity index is 1100. The first-order valence-corrected chi connectivity index (χ1v) is 9.53. The summed E-state index contributed by atoms with van der Waals surface area (Å²) in [5.74, 6) is 0.200. The monoisotopic (exact) mass is 378 g/mol. The zero-order valence-corrected chi connectivity index (χ0v) is 15.5. The number of fused-ring (bicyclic) bond motifs is 1. The number of hydrogen-bond donors (Lipinski definition) is 1. The fraction of sp³-hybridized carbons (Fsp3) is 0.333. The Labute approximate surface area is 161 Å². The predicted octanol–water partition coefficient (Wildman–Crippen LogP) is 1.88. The average Bonchev–Trinajstić information content (AvgIpc) is 2.98. The summed E-state index contributed by atoms with van der Waals surface area (Å²) < 4.78 is 0.996. The van der Waals surface area contributed by atoms with Crippen LogP contribution in [0.5, 0.6) is 0 Å². The van der Waals surface area contributed by atoms with E-state index in [-0.39, 0.29) is 12.5 Å². The number of nitrogens with one attached hydrogen (secondary N) is 1. The molecule has 0 aliphatic carbocycles. The van der Waals surface area contributed by atoms with Gasteiger partial charge in [-0.05, 0) is 55.0 Å². The number of carbonyl (C=O) groups excluding carboxylic acids is 1. The molecular formula is C21H22N4O3. The quantitative estimate of drug-likeness (QED) is 0.754. The van der Waals surface area contributed by atoms with Crippen LogP contribution in [0.25, 0.3) is 10.9 Å². The van der Waals surface area contributed by atoms with Crippen molar-refractivity contribution in [2.45, 2.75) is 31.7 Å². The Hall–Kier alpha value is -3.22. The fourth-order valence-electron chi connectivity index (χ4n) is 3.89. The molecule has 7 heteroatoms. The molecule has 4 rings (SSSR count). The number of benzene rings is 1. The number of rotatable bonds is 3. The van der Waals surface area contributed by atoms with E-state index in [1.807, 2.05) is 12.1 Å². The second-order valence-electron chi connectivity index (χ2n) is 7.16. The molecule has 1 atom stereocenters. The van der Waals surface area contributed by atoms with Gasteiger partial charge in [0.25, 0.3) is 5.56 Å². The molecule has 1 saturated heterocycles. The number of hydrogen-bond acceptors (Lipinski definition) is 4. The lowest BCUT2D eigenvalue weighted by Gasteiger charge is -2.21. The van der Waals surface area contributed by atoms with E-state index in [9.17, 15) is 14.4 Å². The summed E-state index contributed by atoms with van der Waals surface area (Å²) in [5, 5.41) is 0.406. The van der Waals surface area contributed by atoms with E-state index < -0.39 is 11.2 Å². The Morgan fingerprint density at radius 1 is 1.07 bits per heavy atom. The van der Waals surface area contributed by atoms with Crippen LogP contribution in [0.2, 0.25) is 0 Å². The third kappa shape index (κ3) is 3.60. The summed E-state index contributed by atoms with van der Waals surface area (Å²) in [6.45, 7) is 1.02. The van der Waals surface area contributed by atoms with Crippen molar-refractivity contribution in [2.75, 3.05) is 13.1 Å². The van der Waals surface area contributed by atoms with Gasteiger partial charge in [-0.1, -0.05) is 12.1 Å². The Morgan fingerprint density at radius 3 is 2.68 bits per heavy atom. The minimum atomic E-state index is -0.554. The van der Waals surface area contributed by atoms with Gasteiger partial charge in [-0.3, -0.25) is 19.1 Å². The van der Waals surface area contributed by atoms with Crippen LogP contribution in [-0.4, -0.2) is 38.4 Å². The highest BCUT2D eigenvalue weighted by Crippen LogP contribution is 2.27. The van der Waals surface area contributed by atoms with Crippen LogP contribution in [0.15, 0.2) is 58.4 Å². The molecule has 3 heterocycles. The molecule has 1 unspecified atom stereocenters. The first-order valence-electron chi connectivity index (χ1n) is 9.53. The molecule has 144 valence electrons. The molecule has 1 amide bonds. The number of pyridine rings is 1. The third-order valence-corrected chi connectivity index (χ3v) is 5.44. The van der Waals surface area contributed by atoms with Gasteiger partial charge in [-0.15, -0.1) is 0 Å². The molecule has 0 saturated carbocycles. The molecule has 28 heavy (non-hydrogen) atoms. The van der Waals surface area contributed by atoms with Crippen LogP contribution in [0.4, 0.5) is 0 Å². The number of H-pyrrole nitrogens is 1. The van der Waals surface area contributed by atoms with E-state index in [1.54, 1.807) is 41.6 Å². The van der Waals surface area contributed by atoms with Crippen molar-refractivity contribution in [2.24, 2.45) is 0 Å². The van der Waals surface area contributed by atoms with Crippen molar-refractivity contribution in [3.8, 4) is 0 Å². The van der Waals surface area contributed by atoms with Crippen LogP contribution < -0.4 is 11.2 Å². The van der Waals surface area contributed by atoms with Gasteiger partial charge in [-0.25, -0.2) is 4.79 Å². The van der Waals surface area contributed by atoms with Crippen molar-refractivity contribution in [1.29, 1.82) is 0 Å². The number of likely N-dealkylation sites (tertiary alicyclic amines) is 1. The second kappa shape index (κ2) is 7.80. The van der Waals surface area contributed by atoms with E-state index >= 15 is 0 Å². The number of carbonyl (C=O) groups is 1. The summed E-state index contributed by atoms with van der Waals surface area (Å²) in [5.41, 5.74) is 0.737. The van der Waals surface area contributed by atoms with E-state index in [0.717, 1.165) is 23.8 Å². The summed E-state index contributed by atoms with van der Waals surface area (Å²) in [6, 6.07) is 10.9. The maximum Gasteiger partial charge on any atom is 0.329 e. The van der Waals surface area contributed by atoms with Crippen molar-refractivity contribution in [1.82, 2.24) is 19.4 Å². The van der Waals surface area contributed by atoms with Gasteiger partial charge in [0.2, 0.25) is 5.91 Å². The minimum Gasteiger partial charge on any atom is -0.341 e. The lowest BCUT2D eigenvalue weighted by atomic mass is 9.93. The smallest absolute Gasteiger partial charge is 0.329 e. The van der Waals surface area contributed by atoms with Crippen LogP contribution in [0, 0.1) is 0 Å². The van der Waals surface area contributed by atoms with Crippen molar-refractivity contribution < 1.29 is 4.79 Å². The maximum absolute atomic E-state index is 12.8. The number of aromatic amines is 1. The average molecular weight is 378 g/mol. The van der Waals surface area contributed by atoms with Gasteiger partial charge in [0.05, 0.1) is 10.9 Å². The largest absolute Gasteiger partial charge is 0.341 e. The summed E-state index contributed by atoms with van der Waals surface area (Å²) in [6.07, 6.45) is 6.34. The van der Waals surface area contributed by atoms with Gasteiger partial charge in [-0.2, -0.15) is 0 Å². The number of nitrogens with zero attached hydrogens (tertiary/aromatic N) is 3. The summed E-state index contributed by atoms with van der Waals surface area (Å²) in [4.78, 5) is 46.3. The van der Waals surface area contributed by atoms with Gasteiger partial charge >= 0.3 is 5.69 Å². The Morgan fingerprint density at radius 2 is 1.86 bits per heavy atom. The molecule has 0 bridgehead atoms. The van der Waals surface area contributed by atoms with Crippen molar-refractivity contribution in [3.05, 3.63) is 75.2 Å². The van der Waals surface area contributed by atoms with Gasteiger partial charge in [0, 0.05) is 25.5 Å². The highest BCUT2D eigenvalue weighted by atomic mass is 16.2. The SMILES string of the molecule is O=C(Cn1c(=O)[nH]c2ccccc2c1=O)N1CCCC(c2ccncc2)CC1. The molecule has 1 aliphatic rings. The predicted molar refractivity (Wildman–Crippen MR) is 106 cm³/mol. The standard InChI is InChI=1S/C21H22N4O3/c26-19(14-25-20(27)17-5-1-2-6-18(17)23-21(25)28)24-12-3-4-15(9-13-24)16-7-10-22-11-8-16/h1-2,5-8,10-11,15H,3-4,9,12-14H2,(H,23,28). The molecule has 0 radical (unpaired) electrons. The molecule has 1 N–H and O–H groups in total. The minimum absolute atomic E-state index is 0.196. The van der Waals surface area contributed by atoms with Gasteiger partial charge < -0.3 is 9.88 Å². The van der Waals surface area contributed by atoms with Crippen LogP contribution in [0.1, 0.15) is 30.7 Å². The number of para-hydroxylation sites is 1. The van der Waals surface area contributed by atoms with Crippen LogP contribution in [-0.2, 0) is 11.3 Å². The third-order valence-electron chi connectivity index (χ3n) is 5.44. The maximum atomic E-state index is 12.8. The zero-order valence-electron chi connectivity index (χ0n) is 15.5. The van der Waals surface area contributed by atoms with E-state index in [4.69, 9.17) is 0 Å². The molecule has 1 aliphatic heterocycles.